The molecular formula is C15H14FN5. The number of piperazine rings is 1. The van der Waals surface area contributed by atoms with Crippen LogP contribution in [0.15, 0.2) is 36.7 Å². The van der Waals surface area contributed by atoms with Crippen LogP contribution in [0.4, 0.5) is 16.0 Å². The van der Waals surface area contributed by atoms with Crippen molar-refractivity contribution >= 4 is 11.6 Å². The summed E-state index contributed by atoms with van der Waals surface area (Å²) >= 11 is 0. The van der Waals surface area contributed by atoms with E-state index in [1.165, 1.54) is 12.1 Å². The molecule has 5 nitrogen and oxygen atoms in total. The zero-order chi connectivity index (χ0) is 14.7. The van der Waals surface area contributed by atoms with Crippen LogP contribution in [0.25, 0.3) is 0 Å². The first-order valence-corrected chi connectivity index (χ1v) is 6.74. The third-order valence-corrected chi connectivity index (χ3v) is 3.55. The van der Waals surface area contributed by atoms with Gasteiger partial charge in [-0.15, -0.1) is 0 Å². The number of rotatable bonds is 2. The Morgan fingerprint density at radius 2 is 1.71 bits per heavy atom. The monoisotopic (exact) mass is 283 g/mol. The van der Waals surface area contributed by atoms with Crippen molar-refractivity contribution in [2.24, 2.45) is 0 Å². The third kappa shape index (κ3) is 2.77. The van der Waals surface area contributed by atoms with E-state index in [-0.39, 0.29) is 5.56 Å². The molecule has 0 aliphatic carbocycles. The van der Waals surface area contributed by atoms with Crippen molar-refractivity contribution in [3.63, 3.8) is 0 Å². The van der Waals surface area contributed by atoms with Gasteiger partial charge in [0.1, 0.15) is 11.9 Å². The van der Waals surface area contributed by atoms with Crippen molar-refractivity contribution in [2.45, 2.75) is 0 Å². The Kier molecular flexibility index (Phi) is 3.65. The summed E-state index contributed by atoms with van der Waals surface area (Å²) < 4.78 is 13.7. The van der Waals surface area contributed by atoms with Gasteiger partial charge in [0.15, 0.2) is 0 Å². The standard InChI is InChI=1S/C15H14FN5/c16-14-10-13(3-2-12(14)11-17)20-6-8-21(9-7-20)15-18-4-1-5-19-15/h1-5,10H,6-9H2. The SMILES string of the molecule is N#Cc1ccc(N2CCN(c3ncccn3)CC2)cc1F. The van der Waals surface area contributed by atoms with Crippen molar-refractivity contribution in [3.8, 4) is 6.07 Å². The Balaban J connectivity index is 1.69. The van der Waals surface area contributed by atoms with Gasteiger partial charge in [0.2, 0.25) is 5.95 Å². The largest absolute Gasteiger partial charge is 0.368 e. The van der Waals surface area contributed by atoms with E-state index in [0.29, 0.717) is 0 Å². The summed E-state index contributed by atoms with van der Waals surface area (Å²) in [5, 5.41) is 8.76. The second-order valence-corrected chi connectivity index (χ2v) is 4.80. The van der Waals surface area contributed by atoms with Crippen molar-refractivity contribution in [1.29, 1.82) is 5.26 Å². The molecule has 0 amide bonds. The smallest absolute Gasteiger partial charge is 0.225 e. The Labute approximate surface area is 122 Å². The maximum atomic E-state index is 13.7. The Morgan fingerprint density at radius 1 is 1.05 bits per heavy atom. The highest BCUT2D eigenvalue weighted by Gasteiger charge is 2.19. The fourth-order valence-electron chi connectivity index (χ4n) is 2.41. The van der Waals surface area contributed by atoms with Crippen LogP contribution in [0.3, 0.4) is 0 Å². The molecule has 0 N–H and O–H groups in total. The van der Waals surface area contributed by atoms with Crippen molar-refractivity contribution in [1.82, 2.24) is 9.97 Å². The van der Waals surface area contributed by atoms with Gasteiger partial charge in [0.25, 0.3) is 0 Å². The lowest BCUT2D eigenvalue weighted by Crippen LogP contribution is -2.47. The molecule has 0 spiro atoms. The van der Waals surface area contributed by atoms with Crippen LogP contribution in [0.5, 0.6) is 0 Å². The van der Waals surface area contributed by atoms with Gasteiger partial charge in [-0.05, 0) is 24.3 Å². The van der Waals surface area contributed by atoms with E-state index in [2.05, 4.69) is 19.8 Å². The average Bonchev–Trinajstić information content (AvgIpc) is 2.56. The average molecular weight is 283 g/mol. The highest BCUT2D eigenvalue weighted by molar-refractivity contribution is 5.51. The van der Waals surface area contributed by atoms with Crippen LogP contribution in [0.2, 0.25) is 0 Å². The van der Waals surface area contributed by atoms with Gasteiger partial charge >= 0.3 is 0 Å². The van der Waals surface area contributed by atoms with Gasteiger partial charge in [-0.3, -0.25) is 0 Å². The first-order valence-electron chi connectivity index (χ1n) is 6.74. The number of anilines is 2. The van der Waals surface area contributed by atoms with Crippen LogP contribution in [0, 0.1) is 17.1 Å². The molecule has 0 atom stereocenters. The van der Waals surface area contributed by atoms with E-state index < -0.39 is 5.82 Å². The normalized spacial score (nSPS) is 14.9. The Bertz CT molecular complexity index is 660. The molecule has 0 radical (unpaired) electrons. The van der Waals surface area contributed by atoms with Crippen LogP contribution in [0.1, 0.15) is 5.56 Å². The lowest BCUT2D eigenvalue weighted by Gasteiger charge is -2.36. The zero-order valence-corrected chi connectivity index (χ0v) is 11.4. The summed E-state index contributed by atoms with van der Waals surface area (Å²) in [6.07, 6.45) is 3.45. The fraction of sp³-hybridized carbons (Fsp3) is 0.267. The molecule has 2 heterocycles. The molecule has 21 heavy (non-hydrogen) atoms. The Hall–Kier alpha value is -2.68. The van der Waals surface area contributed by atoms with Crippen molar-refractivity contribution in [3.05, 3.63) is 48.0 Å². The van der Waals surface area contributed by atoms with Crippen molar-refractivity contribution in [2.75, 3.05) is 36.0 Å². The van der Waals surface area contributed by atoms with Gasteiger partial charge in [-0.1, -0.05) is 0 Å². The van der Waals surface area contributed by atoms with Crippen molar-refractivity contribution < 1.29 is 4.39 Å². The van der Waals surface area contributed by atoms with Gasteiger partial charge in [0, 0.05) is 44.3 Å². The number of hydrogen-bond donors (Lipinski definition) is 0. The second-order valence-electron chi connectivity index (χ2n) is 4.80. The topological polar surface area (TPSA) is 56.1 Å². The molecule has 1 aromatic heterocycles. The van der Waals surface area contributed by atoms with Gasteiger partial charge in [-0.2, -0.15) is 5.26 Å². The molecule has 0 bridgehead atoms. The number of nitrogens with zero attached hydrogens (tertiary/aromatic N) is 5. The minimum atomic E-state index is -0.469. The zero-order valence-electron chi connectivity index (χ0n) is 11.4. The van der Waals surface area contributed by atoms with Crippen LogP contribution >= 0.6 is 0 Å². The first kappa shape index (κ1) is 13.3. The quantitative estimate of drug-likeness (QED) is 0.841. The van der Waals surface area contributed by atoms with E-state index in [0.717, 1.165) is 37.8 Å². The van der Waals surface area contributed by atoms with E-state index in [4.69, 9.17) is 5.26 Å². The molecule has 0 saturated carbocycles. The van der Waals surface area contributed by atoms with Crippen LogP contribution < -0.4 is 9.80 Å². The number of benzene rings is 1. The molecule has 1 aliphatic rings. The van der Waals surface area contributed by atoms with Gasteiger partial charge in [-0.25, -0.2) is 14.4 Å². The maximum Gasteiger partial charge on any atom is 0.225 e. The second kappa shape index (κ2) is 5.75. The minimum Gasteiger partial charge on any atom is -0.368 e. The fourth-order valence-corrected chi connectivity index (χ4v) is 2.41. The number of nitriles is 1. The maximum absolute atomic E-state index is 13.7. The molecule has 1 fully saturated rings. The predicted octanol–water partition coefficient (Wildman–Crippen LogP) is 1.81. The molecule has 0 unspecified atom stereocenters. The molecule has 1 saturated heterocycles. The Morgan fingerprint density at radius 3 is 2.33 bits per heavy atom. The van der Waals surface area contributed by atoms with Crippen LogP contribution in [-0.4, -0.2) is 36.1 Å². The van der Waals surface area contributed by atoms with E-state index in [1.54, 1.807) is 24.5 Å². The third-order valence-electron chi connectivity index (χ3n) is 3.55. The summed E-state index contributed by atoms with van der Waals surface area (Å²) in [6, 6.07) is 8.36. The first-order chi connectivity index (χ1) is 10.3. The van der Waals surface area contributed by atoms with Gasteiger partial charge < -0.3 is 9.80 Å². The van der Waals surface area contributed by atoms with E-state index >= 15 is 0 Å². The van der Waals surface area contributed by atoms with Gasteiger partial charge in [0.05, 0.1) is 5.56 Å². The highest BCUT2D eigenvalue weighted by atomic mass is 19.1. The lowest BCUT2D eigenvalue weighted by atomic mass is 10.2. The van der Waals surface area contributed by atoms with E-state index in [9.17, 15) is 4.39 Å². The number of halogens is 1. The number of hydrogen-bond acceptors (Lipinski definition) is 5. The summed E-state index contributed by atoms with van der Waals surface area (Å²) in [4.78, 5) is 12.7. The predicted molar refractivity (Wildman–Crippen MR) is 77.6 cm³/mol. The molecule has 2 aromatic rings. The highest BCUT2D eigenvalue weighted by Crippen LogP contribution is 2.20. The lowest BCUT2D eigenvalue weighted by molar-refractivity contribution is 0.615. The number of aromatic nitrogens is 2. The molecular weight excluding hydrogens is 269 g/mol. The van der Waals surface area contributed by atoms with Crippen LogP contribution in [-0.2, 0) is 0 Å². The summed E-state index contributed by atoms with van der Waals surface area (Å²) in [6.45, 7) is 3.10. The summed E-state index contributed by atoms with van der Waals surface area (Å²) in [5.74, 6) is 0.256. The molecule has 6 heteroatoms. The molecule has 106 valence electrons. The molecule has 1 aromatic carbocycles. The molecule has 1 aliphatic heterocycles. The van der Waals surface area contributed by atoms with E-state index in [1.807, 2.05) is 6.07 Å². The summed E-state index contributed by atoms with van der Waals surface area (Å²) in [5.41, 5.74) is 0.884. The summed E-state index contributed by atoms with van der Waals surface area (Å²) in [7, 11) is 0. The minimum absolute atomic E-state index is 0.0788. The molecule has 3 rings (SSSR count).